The highest BCUT2D eigenvalue weighted by molar-refractivity contribution is 5.91. The van der Waals surface area contributed by atoms with Crippen LogP contribution in [0.2, 0.25) is 0 Å². The molecule has 6 heteroatoms. The second-order valence-electron chi connectivity index (χ2n) is 7.60. The van der Waals surface area contributed by atoms with Crippen molar-refractivity contribution in [1.82, 2.24) is 9.80 Å². The lowest BCUT2D eigenvalue weighted by molar-refractivity contribution is 0.0725. The van der Waals surface area contributed by atoms with Crippen LogP contribution in [0.4, 0.5) is 0 Å². The monoisotopic (exact) mass is 384 g/mol. The number of benzene rings is 1. The number of amides is 1. The van der Waals surface area contributed by atoms with Crippen LogP contribution in [0.15, 0.2) is 40.8 Å². The number of rotatable bonds is 7. The molecule has 0 N–H and O–H groups in total. The molecule has 2 aromatic rings. The summed E-state index contributed by atoms with van der Waals surface area (Å²) >= 11 is 0. The van der Waals surface area contributed by atoms with Crippen molar-refractivity contribution >= 4 is 5.91 Å². The molecule has 2 aliphatic rings. The number of hydrogen-bond donors (Lipinski definition) is 0. The van der Waals surface area contributed by atoms with Gasteiger partial charge >= 0.3 is 0 Å². The van der Waals surface area contributed by atoms with Gasteiger partial charge in [0.25, 0.3) is 5.91 Å². The predicted molar refractivity (Wildman–Crippen MR) is 106 cm³/mol. The van der Waals surface area contributed by atoms with Crippen LogP contribution in [-0.4, -0.2) is 55.5 Å². The molecule has 4 rings (SSSR count). The zero-order chi connectivity index (χ0) is 19.3. The van der Waals surface area contributed by atoms with Gasteiger partial charge in [-0.25, -0.2) is 0 Å². The lowest BCUT2D eigenvalue weighted by atomic mass is 10.3. The Morgan fingerprint density at radius 1 is 1.07 bits per heavy atom. The van der Waals surface area contributed by atoms with Crippen molar-refractivity contribution in [2.45, 2.75) is 25.9 Å². The summed E-state index contributed by atoms with van der Waals surface area (Å²) in [6.07, 6.45) is 3.75. The third-order valence-electron chi connectivity index (χ3n) is 5.40. The van der Waals surface area contributed by atoms with E-state index in [1.165, 1.54) is 19.4 Å². The quantitative estimate of drug-likeness (QED) is 0.732. The fourth-order valence-electron chi connectivity index (χ4n) is 3.64. The van der Waals surface area contributed by atoms with Crippen molar-refractivity contribution in [3.63, 3.8) is 0 Å². The molecular formula is C22H28N2O4. The Morgan fingerprint density at radius 2 is 1.89 bits per heavy atom. The van der Waals surface area contributed by atoms with Crippen LogP contribution in [-0.2, 0) is 6.61 Å². The first-order valence-corrected chi connectivity index (χ1v) is 10.1. The van der Waals surface area contributed by atoms with Crippen LogP contribution >= 0.6 is 0 Å². The van der Waals surface area contributed by atoms with E-state index in [2.05, 4.69) is 4.90 Å². The molecule has 1 saturated carbocycles. The highest BCUT2D eigenvalue weighted by atomic mass is 16.5. The summed E-state index contributed by atoms with van der Waals surface area (Å²) < 4.78 is 16.8. The number of carbonyl (C=O) groups excluding carboxylic acids is 1. The Hall–Kier alpha value is -2.47. The fourth-order valence-corrected chi connectivity index (χ4v) is 3.64. The second-order valence-corrected chi connectivity index (χ2v) is 7.60. The minimum Gasteiger partial charge on any atom is -0.493 e. The van der Waals surface area contributed by atoms with Crippen LogP contribution in [0.5, 0.6) is 11.5 Å². The maximum absolute atomic E-state index is 12.8. The van der Waals surface area contributed by atoms with Gasteiger partial charge in [-0.3, -0.25) is 4.79 Å². The molecule has 0 radical (unpaired) electrons. The molecule has 1 aromatic heterocycles. The van der Waals surface area contributed by atoms with Crippen molar-refractivity contribution in [1.29, 1.82) is 0 Å². The maximum atomic E-state index is 12.8. The molecule has 28 heavy (non-hydrogen) atoms. The van der Waals surface area contributed by atoms with E-state index in [0.717, 1.165) is 38.5 Å². The van der Waals surface area contributed by atoms with Crippen LogP contribution in [0.3, 0.4) is 0 Å². The van der Waals surface area contributed by atoms with E-state index in [1.54, 1.807) is 19.2 Å². The molecule has 0 unspecified atom stereocenters. The number of nitrogens with zero attached hydrogens (tertiary/aromatic N) is 2. The molecule has 6 nitrogen and oxygen atoms in total. The maximum Gasteiger partial charge on any atom is 0.289 e. The Bertz CT molecular complexity index is 799. The smallest absolute Gasteiger partial charge is 0.289 e. The molecule has 1 amide bonds. The highest BCUT2D eigenvalue weighted by Gasteiger charge is 2.27. The van der Waals surface area contributed by atoms with Crippen molar-refractivity contribution in [2.24, 2.45) is 5.92 Å². The van der Waals surface area contributed by atoms with Crippen molar-refractivity contribution in [2.75, 3.05) is 39.8 Å². The van der Waals surface area contributed by atoms with Crippen LogP contribution in [0.1, 0.15) is 35.6 Å². The number of ether oxygens (including phenoxy) is 2. The number of hydrogen-bond acceptors (Lipinski definition) is 5. The Morgan fingerprint density at radius 3 is 2.68 bits per heavy atom. The van der Waals surface area contributed by atoms with Crippen LogP contribution in [0.25, 0.3) is 0 Å². The predicted octanol–water partition coefficient (Wildman–Crippen LogP) is 3.43. The van der Waals surface area contributed by atoms with Gasteiger partial charge in [0, 0.05) is 26.2 Å². The van der Waals surface area contributed by atoms with E-state index in [4.69, 9.17) is 13.9 Å². The summed E-state index contributed by atoms with van der Waals surface area (Å²) in [5, 5.41) is 0. The van der Waals surface area contributed by atoms with Crippen LogP contribution < -0.4 is 9.47 Å². The van der Waals surface area contributed by atoms with Gasteiger partial charge in [-0.1, -0.05) is 12.1 Å². The van der Waals surface area contributed by atoms with Gasteiger partial charge < -0.3 is 23.7 Å². The first-order chi connectivity index (χ1) is 13.7. The Kier molecular flexibility index (Phi) is 5.86. The average molecular weight is 384 g/mol. The van der Waals surface area contributed by atoms with Gasteiger partial charge in [0.15, 0.2) is 17.3 Å². The van der Waals surface area contributed by atoms with E-state index in [0.29, 0.717) is 23.0 Å². The standard InChI is InChI=1S/C22H28N2O4/c1-26-19-5-2-3-6-20(19)27-16-18-9-10-21(28-18)22(25)24-12-4-11-23(13-14-24)15-17-7-8-17/h2-3,5-6,9-10,17H,4,7-8,11-16H2,1H3. The van der Waals surface area contributed by atoms with E-state index in [1.807, 2.05) is 29.2 Å². The zero-order valence-electron chi connectivity index (χ0n) is 16.4. The number of methoxy groups -OCH3 is 1. The lowest BCUT2D eigenvalue weighted by Gasteiger charge is -2.21. The molecule has 2 fully saturated rings. The second kappa shape index (κ2) is 8.69. The molecule has 1 saturated heterocycles. The molecule has 0 atom stereocenters. The van der Waals surface area contributed by atoms with Gasteiger partial charge in [-0.05, 0) is 56.0 Å². The molecule has 1 aliphatic heterocycles. The van der Waals surface area contributed by atoms with E-state index < -0.39 is 0 Å². The van der Waals surface area contributed by atoms with E-state index in [9.17, 15) is 4.79 Å². The SMILES string of the molecule is COc1ccccc1OCc1ccc(C(=O)N2CCCN(CC3CC3)CC2)o1. The van der Waals surface area contributed by atoms with Gasteiger partial charge in [-0.2, -0.15) is 0 Å². The van der Waals surface area contributed by atoms with Crippen molar-refractivity contribution in [3.05, 3.63) is 47.9 Å². The van der Waals surface area contributed by atoms with E-state index >= 15 is 0 Å². The molecular weight excluding hydrogens is 356 g/mol. The molecule has 2 heterocycles. The number of furan rings is 1. The minimum absolute atomic E-state index is 0.0307. The minimum atomic E-state index is -0.0307. The summed E-state index contributed by atoms with van der Waals surface area (Å²) in [7, 11) is 1.61. The first-order valence-electron chi connectivity index (χ1n) is 10.1. The Balaban J connectivity index is 1.32. The topological polar surface area (TPSA) is 55.2 Å². The van der Waals surface area contributed by atoms with Crippen molar-refractivity contribution in [3.8, 4) is 11.5 Å². The fraction of sp³-hybridized carbons (Fsp3) is 0.500. The summed E-state index contributed by atoms with van der Waals surface area (Å²) in [6.45, 7) is 5.02. The summed E-state index contributed by atoms with van der Waals surface area (Å²) in [5.74, 6) is 3.19. The largest absolute Gasteiger partial charge is 0.493 e. The third-order valence-corrected chi connectivity index (χ3v) is 5.40. The molecule has 1 aliphatic carbocycles. The summed E-state index contributed by atoms with van der Waals surface area (Å²) in [6, 6.07) is 11.0. The zero-order valence-corrected chi connectivity index (χ0v) is 16.4. The Labute approximate surface area is 166 Å². The van der Waals surface area contributed by atoms with Gasteiger partial charge in [-0.15, -0.1) is 0 Å². The van der Waals surface area contributed by atoms with Gasteiger partial charge in [0.05, 0.1) is 7.11 Å². The van der Waals surface area contributed by atoms with Gasteiger partial charge in [0.1, 0.15) is 12.4 Å². The lowest BCUT2D eigenvalue weighted by Crippen LogP contribution is -2.35. The summed E-state index contributed by atoms with van der Waals surface area (Å²) in [5.41, 5.74) is 0. The molecule has 0 bridgehead atoms. The van der Waals surface area contributed by atoms with Crippen molar-refractivity contribution < 1.29 is 18.7 Å². The molecule has 1 aromatic carbocycles. The van der Waals surface area contributed by atoms with E-state index in [-0.39, 0.29) is 12.5 Å². The van der Waals surface area contributed by atoms with Gasteiger partial charge in [0.2, 0.25) is 0 Å². The highest BCUT2D eigenvalue weighted by Crippen LogP contribution is 2.30. The number of carbonyl (C=O) groups is 1. The first kappa shape index (κ1) is 18.9. The third kappa shape index (κ3) is 4.68. The summed E-state index contributed by atoms with van der Waals surface area (Å²) in [4.78, 5) is 17.2. The van der Waals surface area contributed by atoms with Crippen LogP contribution in [0, 0.1) is 5.92 Å². The molecule has 0 spiro atoms. The average Bonchev–Trinajstić information content (AvgIpc) is 3.47. The normalized spacial score (nSPS) is 18.0. The molecule has 150 valence electrons. The number of para-hydroxylation sites is 2.